The van der Waals surface area contributed by atoms with Gasteiger partial charge in [-0.15, -0.1) is 6.58 Å². The van der Waals surface area contributed by atoms with E-state index in [0.717, 1.165) is 25.3 Å². The summed E-state index contributed by atoms with van der Waals surface area (Å²) in [6, 6.07) is 0.622. The van der Waals surface area contributed by atoms with Crippen LogP contribution in [0.15, 0.2) is 12.7 Å². The molecule has 2 heteroatoms. The van der Waals surface area contributed by atoms with E-state index in [-0.39, 0.29) is 6.10 Å². The lowest BCUT2D eigenvalue weighted by Crippen LogP contribution is -2.41. The molecule has 88 valence electrons. The van der Waals surface area contributed by atoms with Crippen molar-refractivity contribution >= 4 is 0 Å². The van der Waals surface area contributed by atoms with Gasteiger partial charge in [0.1, 0.15) is 0 Å². The SMILES string of the molecule is C=CCC[C@H](O)CN[C@@H]1CCCC[C@@H]1C. The Morgan fingerprint density at radius 3 is 2.87 bits per heavy atom. The Hall–Kier alpha value is -0.340. The second-order valence-electron chi connectivity index (χ2n) is 4.80. The van der Waals surface area contributed by atoms with E-state index >= 15 is 0 Å². The fourth-order valence-corrected chi connectivity index (χ4v) is 2.32. The van der Waals surface area contributed by atoms with Crippen LogP contribution in [0.3, 0.4) is 0 Å². The Balaban J connectivity index is 2.14. The first kappa shape index (κ1) is 12.7. The first-order valence-electron chi connectivity index (χ1n) is 6.26. The lowest BCUT2D eigenvalue weighted by atomic mass is 9.86. The fraction of sp³-hybridized carbons (Fsp3) is 0.846. The summed E-state index contributed by atoms with van der Waals surface area (Å²) in [6.07, 6.45) is 8.71. The quantitative estimate of drug-likeness (QED) is 0.662. The van der Waals surface area contributed by atoms with E-state index < -0.39 is 0 Å². The summed E-state index contributed by atoms with van der Waals surface area (Å²) in [5.74, 6) is 0.769. The molecule has 1 fully saturated rings. The summed E-state index contributed by atoms with van der Waals surface area (Å²) < 4.78 is 0. The molecule has 0 unspecified atom stereocenters. The molecule has 1 saturated carbocycles. The molecule has 1 aliphatic rings. The smallest absolute Gasteiger partial charge is 0.0667 e. The summed E-state index contributed by atoms with van der Waals surface area (Å²) in [6.45, 7) is 6.71. The molecule has 0 amide bonds. The summed E-state index contributed by atoms with van der Waals surface area (Å²) in [7, 11) is 0. The average Bonchev–Trinajstić information content (AvgIpc) is 2.25. The third kappa shape index (κ3) is 4.80. The molecule has 2 N–H and O–H groups in total. The van der Waals surface area contributed by atoms with Crippen LogP contribution in [0, 0.1) is 5.92 Å². The van der Waals surface area contributed by atoms with Crippen molar-refractivity contribution in [3.05, 3.63) is 12.7 Å². The van der Waals surface area contributed by atoms with Gasteiger partial charge in [-0.1, -0.05) is 25.8 Å². The molecule has 0 spiro atoms. The van der Waals surface area contributed by atoms with Gasteiger partial charge in [-0.05, 0) is 31.6 Å². The molecular formula is C13H25NO. The Bertz CT molecular complexity index is 181. The van der Waals surface area contributed by atoms with Gasteiger partial charge in [-0.3, -0.25) is 0 Å². The Morgan fingerprint density at radius 2 is 2.20 bits per heavy atom. The molecule has 2 nitrogen and oxygen atoms in total. The molecule has 0 heterocycles. The zero-order valence-corrected chi connectivity index (χ0v) is 9.91. The highest BCUT2D eigenvalue weighted by Gasteiger charge is 2.20. The number of aliphatic hydroxyl groups is 1. The highest BCUT2D eigenvalue weighted by Crippen LogP contribution is 2.23. The molecule has 0 radical (unpaired) electrons. The van der Waals surface area contributed by atoms with Gasteiger partial charge in [-0.25, -0.2) is 0 Å². The molecule has 0 aromatic carbocycles. The van der Waals surface area contributed by atoms with Crippen LogP contribution < -0.4 is 5.32 Å². The van der Waals surface area contributed by atoms with E-state index in [1.165, 1.54) is 25.7 Å². The van der Waals surface area contributed by atoms with Gasteiger partial charge in [0.05, 0.1) is 6.10 Å². The third-order valence-corrected chi connectivity index (χ3v) is 3.43. The summed E-state index contributed by atoms with van der Waals surface area (Å²) in [5, 5.41) is 13.2. The highest BCUT2D eigenvalue weighted by atomic mass is 16.3. The van der Waals surface area contributed by atoms with Crippen LogP contribution in [0.25, 0.3) is 0 Å². The second-order valence-corrected chi connectivity index (χ2v) is 4.80. The highest BCUT2D eigenvalue weighted by molar-refractivity contribution is 4.79. The Morgan fingerprint density at radius 1 is 1.47 bits per heavy atom. The van der Waals surface area contributed by atoms with E-state index in [1.54, 1.807) is 0 Å². The van der Waals surface area contributed by atoms with Crippen molar-refractivity contribution in [2.45, 2.75) is 57.6 Å². The number of rotatable bonds is 6. The maximum Gasteiger partial charge on any atom is 0.0667 e. The predicted octanol–water partition coefficient (Wildman–Crippen LogP) is 2.48. The van der Waals surface area contributed by atoms with Crippen LogP contribution in [0.4, 0.5) is 0 Å². The second kappa shape index (κ2) is 7.02. The van der Waals surface area contributed by atoms with E-state index in [1.807, 2.05) is 6.08 Å². The standard InChI is InChI=1S/C13H25NO/c1-3-4-8-12(15)10-14-13-9-6-5-7-11(13)2/h3,11-15H,1,4-10H2,2H3/t11-,12-,13+/m0/s1. The normalized spacial score (nSPS) is 28.7. The van der Waals surface area contributed by atoms with Crippen LogP contribution >= 0.6 is 0 Å². The van der Waals surface area contributed by atoms with Gasteiger partial charge < -0.3 is 10.4 Å². The number of hydrogen-bond donors (Lipinski definition) is 2. The van der Waals surface area contributed by atoms with Crippen LogP contribution in [-0.2, 0) is 0 Å². The third-order valence-electron chi connectivity index (χ3n) is 3.43. The van der Waals surface area contributed by atoms with E-state index in [2.05, 4.69) is 18.8 Å². The van der Waals surface area contributed by atoms with Gasteiger partial charge >= 0.3 is 0 Å². The van der Waals surface area contributed by atoms with Gasteiger partial charge in [0, 0.05) is 12.6 Å². The largest absolute Gasteiger partial charge is 0.392 e. The number of aliphatic hydroxyl groups excluding tert-OH is 1. The maximum absolute atomic E-state index is 9.69. The molecule has 0 saturated heterocycles. The number of hydrogen-bond acceptors (Lipinski definition) is 2. The minimum absolute atomic E-state index is 0.211. The molecule has 0 aliphatic heterocycles. The van der Waals surface area contributed by atoms with Crippen LogP contribution in [-0.4, -0.2) is 23.8 Å². The van der Waals surface area contributed by atoms with Crippen molar-refractivity contribution in [1.29, 1.82) is 0 Å². The van der Waals surface area contributed by atoms with Gasteiger partial charge in [0.25, 0.3) is 0 Å². The molecule has 3 atom stereocenters. The Labute approximate surface area is 93.8 Å². The van der Waals surface area contributed by atoms with Crippen LogP contribution in [0.2, 0.25) is 0 Å². The van der Waals surface area contributed by atoms with Crippen molar-refractivity contribution in [3.8, 4) is 0 Å². The molecule has 0 aromatic heterocycles. The minimum atomic E-state index is -0.211. The van der Waals surface area contributed by atoms with Crippen LogP contribution in [0.5, 0.6) is 0 Å². The lowest BCUT2D eigenvalue weighted by molar-refractivity contribution is 0.148. The predicted molar refractivity (Wildman–Crippen MR) is 64.9 cm³/mol. The molecule has 1 aliphatic carbocycles. The van der Waals surface area contributed by atoms with Gasteiger partial charge in [0.15, 0.2) is 0 Å². The summed E-state index contributed by atoms with van der Waals surface area (Å²) in [5.41, 5.74) is 0. The van der Waals surface area contributed by atoms with E-state index in [0.29, 0.717) is 6.04 Å². The van der Waals surface area contributed by atoms with Gasteiger partial charge in [-0.2, -0.15) is 0 Å². The maximum atomic E-state index is 9.69. The van der Waals surface area contributed by atoms with Crippen molar-refractivity contribution in [2.24, 2.45) is 5.92 Å². The van der Waals surface area contributed by atoms with Crippen molar-refractivity contribution in [2.75, 3.05) is 6.54 Å². The summed E-state index contributed by atoms with van der Waals surface area (Å²) >= 11 is 0. The molecular weight excluding hydrogens is 186 g/mol. The monoisotopic (exact) mass is 211 g/mol. The number of allylic oxidation sites excluding steroid dienone is 1. The molecule has 1 rings (SSSR count). The molecule has 0 bridgehead atoms. The lowest BCUT2D eigenvalue weighted by Gasteiger charge is -2.30. The van der Waals surface area contributed by atoms with E-state index in [9.17, 15) is 5.11 Å². The van der Waals surface area contributed by atoms with Crippen molar-refractivity contribution < 1.29 is 5.11 Å². The Kier molecular flexibility index (Phi) is 5.96. The minimum Gasteiger partial charge on any atom is -0.392 e. The topological polar surface area (TPSA) is 32.3 Å². The van der Waals surface area contributed by atoms with Crippen molar-refractivity contribution in [3.63, 3.8) is 0 Å². The van der Waals surface area contributed by atoms with Crippen molar-refractivity contribution in [1.82, 2.24) is 5.32 Å². The van der Waals surface area contributed by atoms with Gasteiger partial charge in [0.2, 0.25) is 0 Å². The first-order valence-corrected chi connectivity index (χ1v) is 6.26. The van der Waals surface area contributed by atoms with E-state index in [4.69, 9.17) is 0 Å². The molecule has 15 heavy (non-hydrogen) atoms. The first-order chi connectivity index (χ1) is 7.24. The zero-order valence-electron chi connectivity index (χ0n) is 9.91. The average molecular weight is 211 g/mol. The zero-order chi connectivity index (χ0) is 11.1. The fourth-order valence-electron chi connectivity index (χ4n) is 2.32. The summed E-state index contributed by atoms with van der Waals surface area (Å²) in [4.78, 5) is 0. The van der Waals surface area contributed by atoms with Crippen LogP contribution in [0.1, 0.15) is 45.4 Å². The number of nitrogens with one attached hydrogen (secondary N) is 1. The molecule has 0 aromatic rings.